The normalized spacial score (nSPS) is 10.7. The molecule has 2 aromatic heterocycles. The van der Waals surface area contributed by atoms with E-state index < -0.39 is 0 Å². The van der Waals surface area contributed by atoms with Crippen molar-refractivity contribution in [1.29, 1.82) is 0 Å². The minimum Gasteiger partial charge on any atom is -0.410 e. The molecule has 0 saturated heterocycles. The van der Waals surface area contributed by atoms with Gasteiger partial charge in [-0.1, -0.05) is 0 Å². The fourth-order valence-corrected chi connectivity index (χ4v) is 1.44. The summed E-state index contributed by atoms with van der Waals surface area (Å²) in [5.74, 6) is 0.507. The molecule has 0 aliphatic heterocycles. The molecule has 0 N–H and O–H groups in total. The van der Waals surface area contributed by atoms with Crippen LogP contribution in [0.5, 0.6) is 0 Å². The average molecular weight is 290 g/mol. The molecule has 2 rings (SSSR count). The van der Waals surface area contributed by atoms with Crippen molar-refractivity contribution in [2.45, 2.75) is 6.92 Å². The van der Waals surface area contributed by atoms with E-state index in [1.807, 2.05) is 42.6 Å². The Morgan fingerprint density at radius 2 is 2.23 bits per heavy atom. The van der Waals surface area contributed by atoms with Crippen molar-refractivity contribution in [3.05, 3.63) is 15.7 Å². The van der Waals surface area contributed by atoms with Crippen LogP contribution in [-0.4, -0.2) is 20.0 Å². The Bertz CT molecular complexity index is 433. The third kappa shape index (κ3) is 1.58. The van der Waals surface area contributed by atoms with E-state index in [0.29, 0.717) is 9.79 Å². The minimum absolute atomic E-state index is 0.507. The SMILES string of the molecule is Cc1cc(-c2nnc(I)o2)n(C)n1. The van der Waals surface area contributed by atoms with Crippen molar-refractivity contribution in [1.82, 2.24) is 20.0 Å². The summed E-state index contributed by atoms with van der Waals surface area (Å²) in [6.07, 6.45) is 0. The second kappa shape index (κ2) is 3.09. The fourth-order valence-electron chi connectivity index (χ4n) is 1.12. The number of hydrogen-bond acceptors (Lipinski definition) is 4. The summed E-state index contributed by atoms with van der Waals surface area (Å²) in [6.45, 7) is 1.92. The van der Waals surface area contributed by atoms with Gasteiger partial charge in [0.1, 0.15) is 5.69 Å². The van der Waals surface area contributed by atoms with Crippen LogP contribution in [0.2, 0.25) is 0 Å². The van der Waals surface area contributed by atoms with Crippen LogP contribution in [0.3, 0.4) is 0 Å². The van der Waals surface area contributed by atoms with Crippen molar-refractivity contribution in [3.63, 3.8) is 0 Å². The molecule has 0 amide bonds. The largest absolute Gasteiger partial charge is 0.410 e. The number of aryl methyl sites for hydroxylation is 2. The highest BCUT2D eigenvalue weighted by Crippen LogP contribution is 2.18. The summed E-state index contributed by atoms with van der Waals surface area (Å²) >= 11 is 1.98. The average Bonchev–Trinajstić information content (AvgIpc) is 2.58. The Balaban J connectivity index is 2.51. The van der Waals surface area contributed by atoms with E-state index in [4.69, 9.17) is 4.42 Å². The Labute approximate surface area is 88.3 Å². The van der Waals surface area contributed by atoms with Gasteiger partial charge < -0.3 is 4.42 Å². The molecule has 5 nitrogen and oxygen atoms in total. The van der Waals surface area contributed by atoms with Crippen molar-refractivity contribution >= 4 is 22.6 Å². The molecule has 0 aromatic carbocycles. The molecule has 0 aliphatic rings. The first kappa shape index (κ1) is 8.67. The molecule has 0 fully saturated rings. The van der Waals surface area contributed by atoms with Gasteiger partial charge in [-0.15, -0.1) is 10.2 Å². The maximum Gasteiger partial charge on any atom is 0.278 e. The molecule has 0 atom stereocenters. The first-order valence-corrected chi connectivity index (χ1v) is 4.74. The van der Waals surface area contributed by atoms with Crippen molar-refractivity contribution in [2.75, 3.05) is 0 Å². The van der Waals surface area contributed by atoms with Gasteiger partial charge in [0.05, 0.1) is 5.69 Å². The van der Waals surface area contributed by atoms with Gasteiger partial charge in [0, 0.05) is 29.6 Å². The van der Waals surface area contributed by atoms with Crippen LogP contribution in [0.15, 0.2) is 10.5 Å². The zero-order chi connectivity index (χ0) is 9.42. The zero-order valence-electron chi connectivity index (χ0n) is 7.15. The number of hydrogen-bond donors (Lipinski definition) is 0. The summed E-state index contributed by atoms with van der Waals surface area (Å²) in [4.78, 5) is 0. The maximum absolute atomic E-state index is 5.27. The highest BCUT2D eigenvalue weighted by molar-refractivity contribution is 14.1. The van der Waals surface area contributed by atoms with E-state index in [2.05, 4.69) is 15.3 Å². The Morgan fingerprint density at radius 1 is 1.46 bits per heavy atom. The Kier molecular flexibility index (Phi) is 2.06. The van der Waals surface area contributed by atoms with E-state index >= 15 is 0 Å². The third-order valence-electron chi connectivity index (χ3n) is 1.62. The topological polar surface area (TPSA) is 56.7 Å². The molecule has 68 valence electrons. The van der Waals surface area contributed by atoms with Crippen LogP contribution in [0, 0.1) is 10.8 Å². The molecule has 0 unspecified atom stereocenters. The van der Waals surface area contributed by atoms with Gasteiger partial charge >= 0.3 is 0 Å². The van der Waals surface area contributed by atoms with Crippen LogP contribution < -0.4 is 0 Å². The summed E-state index contributed by atoms with van der Waals surface area (Å²) in [7, 11) is 1.85. The molecule has 0 radical (unpaired) electrons. The predicted octanol–water partition coefficient (Wildman–Crippen LogP) is 1.38. The minimum atomic E-state index is 0.507. The Morgan fingerprint density at radius 3 is 2.69 bits per heavy atom. The van der Waals surface area contributed by atoms with E-state index in [9.17, 15) is 0 Å². The van der Waals surface area contributed by atoms with Gasteiger partial charge in [-0.2, -0.15) is 5.10 Å². The van der Waals surface area contributed by atoms with Crippen LogP contribution in [0.1, 0.15) is 5.69 Å². The second-order valence-corrected chi connectivity index (χ2v) is 3.58. The first-order valence-electron chi connectivity index (χ1n) is 3.67. The molecule has 0 spiro atoms. The van der Waals surface area contributed by atoms with E-state index in [0.717, 1.165) is 11.4 Å². The highest BCUT2D eigenvalue weighted by Gasteiger charge is 2.11. The van der Waals surface area contributed by atoms with Crippen LogP contribution in [0.25, 0.3) is 11.6 Å². The second-order valence-electron chi connectivity index (χ2n) is 2.65. The van der Waals surface area contributed by atoms with Crippen LogP contribution in [0.4, 0.5) is 0 Å². The molecule has 0 aliphatic carbocycles. The lowest BCUT2D eigenvalue weighted by atomic mass is 10.4. The summed E-state index contributed by atoms with van der Waals surface area (Å²) in [5.41, 5.74) is 1.78. The van der Waals surface area contributed by atoms with E-state index in [1.165, 1.54) is 0 Å². The first-order chi connectivity index (χ1) is 6.16. The van der Waals surface area contributed by atoms with Gasteiger partial charge in [-0.25, -0.2) is 0 Å². The lowest BCUT2D eigenvalue weighted by Crippen LogP contribution is -1.93. The van der Waals surface area contributed by atoms with Gasteiger partial charge in [0.15, 0.2) is 0 Å². The monoisotopic (exact) mass is 290 g/mol. The third-order valence-corrected chi connectivity index (χ3v) is 2.06. The number of nitrogens with zero attached hydrogens (tertiary/aromatic N) is 4. The van der Waals surface area contributed by atoms with Crippen LogP contribution >= 0.6 is 22.6 Å². The standard InChI is InChI=1S/C7H7IN4O/c1-4-3-5(12(2)11-4)6-9-10-7(8)13-6/h3H,1-2H3. The molecular weight excluding hydrogens is 283 g/mol. The Hall–Kier alpha value is -0.920. The molecule has 2 heterocycles. The summed E-state index contributed by atoms with van der Waals surface area (Å²) in [6, 6.07) is 1.91. The van der Waals surface area contributed by atoms with Gasteiger partial charge in [-0.05, 0) is 13.0 Å². The number of rotatable bonds is 1. The molecule has 0 bridgehead atoms. The quantitative estimate of drug-likeness (QED) is 0.745. The van der Waals surface area contributed by atoms with Crippen molar-refractivity contribution in [2.24, 2.45) is 7.05 Å². The maximum atomic E-state index is 5.27. The molecule has 2 aromatic rings. The van der Waals surface area contributed by atoms with Crippen LogP contribution in [-0.2, 0) is 7.05 Å². The molecule has 0 saturated carbocycles. The van der Waals surface area contributed by atoms with Gasteiger partial charge in [0.2, 0.25) is 0 Å². The van der Waals surface area contributed by atoms with Gasteiger partial charge in [-0.3, -0.25) is 4.68 Å². The van der Waals surface area contributed by atoms with Crippen molar-refractivity contribution < 1.29 is 4.42 Å². The lowest BCUT2D eigenvalue weighted by molar-refractivity contribution is 0.530. The van der Waals surface area contributed by atoms with Gasteiger partial charge in [0.25, 0.3) is 9.79 Å². The molecular formula is C7H7IN4O. The van der Waals surface area contributed by atoms with E-state index in [1.54, 1.807) is 4.68 Å². The molecule has 6 heteroatoms. The smallest absolute Gasteiger partial charge is 0.278 e. The van der Waals surface area contributed by atoms with Crippen molar-refractivity contribution in [3.8, 4) is 11.6 Å². The summed E-state index contributed by atoms with van der Waals surface area (Å²) < 4.78 is 7.52. The molecule has 13 heavy (non-hydrogen) atoms. The summed E-state index contributed by atoms with van der Waals surface area (Å²) in [5, 5.41) is 11.8. The zero-order valence-corrected chi connectivity index (χ0v) is 9.31. The lowest BCUT2D eigenvalue weighted by Gasteiger charge is -1.92. The number of aromatic nitrogens is 4. The predicted molar refractivity (Wildman–Crippen MR) is 54.0 cm³/mol. The highest BCUT2D eigenvalue weighted by atomic mass is 127. The fraction of sp³-hybridized carbons (Fsp3) is 0.286. The number of halogens is 1. The van der Waals surface area contributed by atoms with E-state index in [-0.39, 0.29) is 0 Å².